The van der Waals surface area contributed by atoms with Crippen LogP contribution in [0.15, 0.2) is 24.3 Å². The van der Waals surface area contributed by atoms with Gasteiger partial charge in [0.25, 0.3) is 0 Å². The summed E-state index contributed by atoms with van der Waals surface area (Å²) in [6.45, 7) is 2.74. The van der Waals surface area contributed by atoms with Crippen molar-refractivity contribution in [3.05, 3.63) is 29.8 Å². The van der Waals surface area contributed by atoms with Gasteiger partial charge in [0.1, 0.15) is 17.5 Å². The van der Waals surface area contributed by atoms with Gasteiger partial charge in [-0.3, -0.25) is 10.1 Å². The van der Waals surface area contributed by atoms with Gasteiger partial charge in [-0.1, -0.05) is 18.2 Å². The predicted molar refractivity (Wildman–Crippen MR) is 68.2 cm³/mol. The third-order valence-corrected chi connectivity index (χ3v) is 3.92. The van der Waals surface area contributed by atoms with Crippen molar-refractivity contribution in [2.45, 2.75) is 31.5 Å². The molecule has 1 N–H and O–H groups in total. The van der Waals surface area contributed by atoms with Crippen molar-refractivity contribution >= 4 is 5.91 Å². The van der Waals surface area contributed by atoms with Crippen LogP contribution in [-0.2, 0) is 4.79 Å². The van der Waals surface area contributed by atoms with Crippen LogP contribution < -0.4 is 10.1 Å². The molecule has 0 radical (unpaired) electrons. The summed E-state index contributed by atoms with van der Waals surface area (Å²) < 4.78 is 5.40. The standard InChI is InChI=1S/C14H18N2O2/c1-3-16-12(15-14(8-9-14)13(16)17)10-6-4-5-7-11(10)18-2/h4-7,12,15H,3,8-9H2,1-2H3. The Morgan fingerprint density at radius 2 is 2.17 bits per heavy atom. The van der Waals surface area contributed by atoms with Gasteiger partial charge in [0.15, 0.2) is 0 Å². The number of carbonyl (C=O) groups is 1. The van der Waals surface area contributed by atoms with Crippen molar-refractivity contribution in [3.63, 3.8) is 0 Å². The molecule has 1 aliphatic carbocycles. The smallest absolute Gasteiger partial charge is 0.244 e. The van der Waals surface area contributed by atoms with Crippen LogP contribution in [0.3, 0.4) is 0 Å². The van der Waals surface area contributed by atoms with E-state index in [1.807, 2.05) is 36.1 Å². The quantitative estimate of drug-likeness (QED) is 0.882. The first-order valence-electron chi connectivity index (χ1n) is 6.43. The van der Waals surface area contributed by atoms with E-state index in [2.05, 4.69) is 5.32 Å². The number of ether oxygens (including phenoxy) is 1. The summed E-state index contributed by atoms with van der Waals surface area (Å²) in [5, 5.41) is 3.48. The van der Waals surface area contributed by atoms with Crippen molar-refractivity contribution in [3.8, 4) is 5.75 Å². The van der Waals surface area contributed by atoms with Crippen LogP contribution in [0.4, 0.5) is 0 Å². The first kappa shape index (κ1) is 11.5. The van der Waals surface area contributed by atoms with Crippen LogP contribution in [0.1, 0.15) is 31.5 Å². The Hall–Kier alpha value is -1.55. The minimum absolute atomic E-state index is 0.0545. The van der Waals surface area contributed by atoms with E-state index in [1.165, 1.54) is 0 Å². The van der Waals surface area contributed by atoms with Crippen molar-refractivity contribution in [1.82, 2.24) is 10.2 Å². The number of para-hydroxylation sites is 1. The van der Waals surface area contributed by atoms with Gasteiger partial charge in [-0.05, 0) is 25.8 Å². The second-order valence-electron chi connectivity index (χ2n) is 4.96. The first-order chi connectivity index (χ1) is 8.72. The molecule has 0 bridgehead atoms. The number of nitrogens with one attached hydrogen (secondary N) is 1. The molecule has 1 amide bonds. The molecule has 1 aromatic rings. The summed E-state index contributed by atoms with van der Waals surface area (Å²) in [5.74, 6) is 1.07. The molecule has 1 heterocycles. The topological polar surface area (TPSA) is 41.6 Å². The number of amides is 1. The third-order valence-electron chi connectivity index (χ3n) is 3.92. The average molecular weight is 246 g/mol. The molecule has 1 aromatic carbocycles. The summed E-state index contributed by atoms with van der Waals surface area (Å²) in [7, 11) is 1.67. The first-order valence-corrected chi connectivity index (χ1v) is 6.43. The average Bonchev–Trinajstić information content (AvgIpc) is 3.13. The normalized spacial score (nSPS) is 24.7. The maximum absolute atomic E-state index is 12.3. The van der Waals surface area contributed by atoms with E-state index in [0.717, 1.165) is 30.7 Å². The van der Waals surface area contributed by atoms with Crippen molar-refractivity contribution in [2.24, 2.45) is 0 Å². The van der Waals surface area contributed by atoms with E-state index in [4.69, 9.17) is 4.74 Å². The predicted octanol–water partition coefficient (Wildman–Crippen LogP) is 1.68. The molecule has 2 fully saturated rings. The third kappa shape index (κ3) is 1.52. The molecule has 1 aliphatic heterocycles. The molecule has 1 spiro atoms. The minimum atomic E-state index is -0.276. The van der Waals surface area contributed by atoms with E-state index in [-0.39, 0.29) is 17.6 Å². The Morgan fingerprint density at radius 1 is 1.44 bits per heavy atom. The van der Waals surface area contributed by atoms with Gasteiger partial charge in [-0.15, -0.1) is 0 Å². The lowest BCUT2D eigenvalue weighted by molar-refractivity contribution is -0.130. The fourth-order valence-electron chi connectivity index (χ4n) is 2.74. The summed E-state index contributed by atoms with van der Waals surface area (Å²) in [4.78, 5) is 14.2. The van der Waals surface area contributed by atoms with Gasteiger partial charge in [0, 0.05) is 12.1 Å². The molecule has 18 heavy (non-hydrogen) atoms. The van der Waals surface area contributed by atoms with Crippen LogP contribution in [0.2, 0.25) is 0 Å². The van der Waals surface area contributed by atoms with Gasteiger partial charge < -0.3 is 9.64 Å². The van der Waals surface area contributed by atoms with Crippen molar-refractivity contribution < 1.29 is 9.53 Å². The van der Waals surface area contributed by atoms with E-state index in [0.29, 0.717) is 0 Å². The Labute approximate surface area is 107 Å². The highest BCUT2D eigenvalue weighted by atomic mass is 16.5. The van der Waals surface area contributed by atoms with E-state index < -0.39 is 0 Å². The Bertz CT molecular complexity index is 482. The molecular weight excluding hydrogens is 228 g/mol. The number of carbonyl (C=O) groups excluding carboxylic acids is 1. The minimum Gasteiger partial charge on any atom is -0.496 e. The molecule has 1 saturated carbocycles. The number of methoxy groups -OCH3 is 1. The lowest BCUT2D eigenvalue weighted by Crippen LogP contribution is -2.32. The number of nitrogens with zero attached hydrogens (tertiary/aromatic N) is 1. The van der Waals surface area contributed by atoms with E-state index in [1.54, 1.807) is 7.11 Å². The number of likely N-dealkylation sites (N-methyl/N-ethyl adjacent to an activating group) is 1. The zero-order chi connectivity index (χ0) is 12.8. The Balaban J connectivity index is 1.98. The highest BCUT2D eigenvalue weighted by Gasteiger charge is 2.59. The lowest BCUT2D eigenvalue weighted by Gasteiger charge is -2.24. The number of rotatable bonds is 3. The summed E-state index contributed by atoms with van der Waals surface area (Å²) >= 11 is 0. The SMILES string of the molecule is CCN1C(=O)C2(CC2)NC1c1ccccc1OC. The second-order valence-corrected chi connectivity index (χ2v) is 4.96. The molecular formula is C14H18N2O2. The van der Waals surface area contributed by atoms with Crippen LogP contribution in [0.5, 0.6) is 5.75 Å². The molecule has 0 aromatic heterocycles. The van der Waals surface area contributed by atoms with E-state index >= 15 is 0 Å². The van der Waals surface area contributed by atoms with Gasteiger partial charge in [-0.25, -0.2) is 0 Å². The summed E-state index contributed by atoms with van der Waals surface area (Å²) in [6.07, 6.45) is 1.85. The Kier molecular flexibility index (Phi) is 2.55. The van der Waals surface area contributed by atoms with Gasteiger partial charge in [0.2, 0.25) is 5.91 Å². The second kappa shape index (κ2) is 3.99. The van der Waals surface area contributed by atoms with Crippen LogP contribution in [0, 0.1) is 0 Å². The highest BCUT2D eigenvalue weighted by molar-refractivity contribution is 5.92. The largest absolute Gasteiger partial charge is 0.496 e. The summed E-state index contributed by atoms with van der Waals surface area (Å²) in [5.41, 5.74) is 0.764. The molecule has 1 unspecified atom stereocenters. The summed E-state index contributed by atoms with van der Waals surface area (Å²) in [6, 6.07) is 7.89. The fourth-order valence-corrected chi connectivity index (χ4v) is 2.74. The maximum Gasteiger partial charge on any atom is 0.244 e. The van der Waals surface area contributed by atoms with Gasteiger partial charge >= 0.3 is 0 Å². The number of hydrogen-bond acceptors (Lipinski definition) is 3. The number of hydrogen-bond donors (Lipinski definition) is 1. The maximum atomic E-state index is 12.3. The van der Waals surface area contributed by atoms with Gasteiger partial charge in [0.05, 0.1) is 7.11 Å². The van der Waals surface area contributed by atoms with Crippen LogP contribution >= 0.6 is 0 Å². The molecule has 4 heteroatoms. The zero-order valence-corrected chi connectivity index (χ0v) is 10.8. The van der Waals surface area contributed by atoms with E-state index in [9.17, 15) is 4.79 Å². The molecule has 3 rings (SSSR count). The van der Waals surface area contributed by atoms with Gasteiger partial charge in [-0.2, -0.15) is 0 Å². The van der Waals surface area contributed by atoms with Crippen molar-refractivity contribution in [2.75, 3.05) is 13.7 Å². The molecule has 1 saturated heterocycles. The van der Waals surface area contributed by atoms with Crippen LogP contribution in [0.25, 0.3) is 0 Å². The Morgan fingerprint density at radius 3 is 2.78 bits per heavy atom. The lowest BCUT2D eigenvalue weighted by atomic mass is 10.1. The molecule has 4 nitrogen and oxygen atoms in total. The van der Waals surface area contributed by atoms with Crippen LogP contribution in [-0.4, -0.2) is 30.0 Å². The highest BCUT2D eigenvalue weighted by Crippen LogP contribution is 2.46. The molecule has 96 valence electrons. The van der Waals surface area contributed by atoms with Crippen molar-refractivity contribution in [1.29, 1.82) is 0 Å². The number of benzene rings is 1. The monoisotopic (exact) mass is 246 g/mol. The fraction of sp³-hybridized carbons (Fsp3) is 0.500. The zero-order valence-electron chi connectivity index (χ0n) is 10.8. The molecule has 1 atom stereocenters. The molecule has 2 aliphatic rings.